The van der Waals surface area contributed by atoms with Gasteiger partial charge in [-0.2, -0.15) is 4.98 Å². The molecule has 3 heterocycles. The van der Waals surface area contributed by atoms with Crippen LogP contribution in [0.4, 0.5) is 10.1 Å². The topological polar surface area (TPSA) is 72.4 Å². The molecule has 2 aromatic heterocycles. The SMILES string of the molecule is Cc1ccc(F)c(N2CC(c3noc(-c4ccco4)n3)CC2=O)c1. The van der Waals surface area contributed by atoms with Crippen LogP contribution in [-0.4, -0.2) is 22.6 Å². The summed E-state index contributed by atoms with van der Waals surface area (Å²) < 4.78 is 24.5. The second-order valence-electron chi connectivity index (χ2n) is 5.80. The summed E-state index contributed by atoms with van der Waals surface area (Å²) in [6.07, 6.45) is 1.73. The van der Waals surface area contributed by atoms with Gasteiger partial charge in [0.15, 0.2) is 11.6 Å². The van der Waals surface area contributed by atoms with Crippen molar-refractivity contribution in [3.63, 3.8) is 0 Å². The number of aryl methyl sites for hydroxylation is 1. The van der Waals surface area contributed by atoms with E-state index in [2.05, 4.69) is 10.1 Å². The fourth-order valence-electron chi connectivity index (χ4n) is 2.84. The maximum absolute atomic E-state index is 14.1. The fraction of sp³-hybridized carbons (Fsp3) is 0.235. The van der Waals surface area contributed by atoms with E-state index < -0.39 is 5.82 Å². The van der Waals surface area contributed by atoms with E-state index in [-0.39, 0.29) is 29.8 Å². The lowest BCUT2D eigenvalue weighted by atomic mass is 10.1. The fourth-order valence-corrected chi connectivity index (χ4v) is 2.84. The van der Waals surface area contributed by atoms with Crippen molar-refractivity contribution in [1.82, 2.24) is 10.1 Å². The van der Waals surface area contributed by atoms with Crippen molar-refractivity contribution in [1.29, 1.82) is 0 Å². The van der Waals surface area contributed by atoms with E-state index in [0.29, 0.717) is 18.1 Å². The number of carbonyl (C=O) groups is 1. The van der Waals surface area contributed by atoms with Crippen LogP contribution >= 0.6 is 0 Å². The first-order valence-corrected chi connectivity index (χ1v) is 7.56. The Morgan fingerprint density at radius 3 is 3.00 bits per heavy atom. The number of rotatable bonds is 3. The quantitative estimate of drug-likeness (QED) is 0.738. The predicted molar refractivity (Wildman–Crippen MR) is 82.8 cm³/mol. The Morgan fingerprint density at radius 2 is 2.21 bits per heavy atom. The number of aromatic nitrogens is 2. The molecule has 0 saturated carbocycles. The van der Waals surface area contributed by atoms with Crippen LogP contribution in [0.3, 0.4) is 0 Å². The van der Waals surface area contributed by atoms with Crippen LogP contribution in [0.5, 0.6) is 0 Å². The van der Waals surface area contributed by atoms with Crippen molar-refractivity contribution in [2.75, 3.05) is 11.4 Å². The van der Waals surface area contributed by atoms with Crippen molar-refractivity contribution < 1.29 is 18.1 Å². The number of halogens is 1. The van der Waals surface area contributed by atoms with Crippen LogP contribution in [-0.2, 0) is 4.79 Å². The first-order valence-electron chi connectivity index (χ1n) is 7.56. The second-order valence-corrected chi connectivity index (χ2v) is 5.80. The van der Waals surface area contributed by atoms with Gasteiger partial charge in [-0.25, -0.2) is 4.39 Å². The summed E-state index contributed by atoms with van der Waals surface area (Å²) in [6.45, 7) is 2.17. The number of furan rings is 1. The van der Waals surface area contributed by atoms with Gasteiger partial charge >= 0.3 is 0 Å². The molecule has 3 aromatic rings. The van der Waals surface area contributed by atoms with E-state index >= 15 is 0 Å². The molecule has 1 aliphatic heterocycles. The maximum atomic E-state index is 14.1. The molecule has 1 unspecified atom stereocenters. The molecular formula is C17H14FN3O3. The van der Waals surface area contributed by atoms with Gasteiger partial charge in [0.05, 0.1) is 12.0 Å². The molecular weight excluding hydrogens is 313 g/mol. The van der Waals surface area contributed by atoms with Crippen LogP contribution in [0.25, 0.3) is 11.7 Å². The van der Waals surface area contributed by atoms with Gasteiger partial charge in [-0.3, -0.25) is 4.79 Å². The lowest BCUT2D eigenvalue weighted by Gasteiger charge is -2.17. The van der Waals surface area contributed by atoms with Crippen LogP contribution < -0.4 is 4.90 Å². The number of hydrogen-bond donors (Lipinski definition) is 0. The van der Waals surface area contributed by atoms with E-state index in [1.165, 1.54) is 17.2 Å². The third-order valence-corrected chi connectivity index (χ3v) is 4.06. The van der Waals surface area contributed by atoms with E-state index in [9.17, 15) is 9.18 Å². The Balaban J connectivity index is 1.59. The predicted octanol–water partition coefficient (Wildman–Crippen LogP) is 3.30. The Bertz CT molecular complexity index is 888. The Hall–Kier alpha value is -2.96. The van der Waals surface area contributed by atoms with Crippen LogP contribution in [0.1, 0.15) is 23.7 Å². The molecule has 0 N–H and O–H groups in total. The zero-order chi connectivity index (χ0) is 16.7. The molecule has 24 heavy (non-hydrogen) atoms. The number of anilines is 1. The van der Waals surface area contributed by atoms with Crippen LogP contribution in [0.2, 0.25) is 0 Å². The van der Waals surface area contributed by atoms with Gasteiger partial charge in [-0.05, 0) is 36.8 Å². The number of carbonyl (C=O) groups excluding carboxylic acids is 1. The van der Waals surface area contributed by atoms with Crippen molar-refractivity contribution in [2.45, 2.75) is 19.3 Å². The highest BCUT2D eigenvalue weighted by Gasteiger charge is 2.35. The smallest absolute Gasteiger partial charge is 0.293 e. The minimum absolute atomic E-state index is 0.158. The van der Waals surface area contributed by atoms with Gasteiger partial charge in [-0.15, -0.1) is 0 Å². The normalized spacial score (nSPS) is 17.7. The molecule has 6 nitrogen and oxygen atoms in total. The highest BCUT2D eigenvalue weighted by molar-refractivity contribution is 5.96. The zero-order valence-corrected chi connectivity index (χ0v) is 12.9. The molecule has 0 radical (unpaired) electrons. The van der Waals surface area contributed by atoms with Crippen molar-refractivity contribution in [3.8, 4) is 11.7 Å². The maximum Gasteiger partial charge on any atom is 0.293 e. The van der Waals surface area contributed by atoms with Crippen molar-refractivity contribution >= 4 is 11.6 Å². The Morgan fingerprint density at radius 1 is 1.33 bits per heavy atom. The number of nitrogens with zero attached hydrogens (tertiary/aromatic N) is 3. The molecule has 122 valence electrons. The highest BCUT2D eigenvalue weighted by atomic mass is 19.1. The second kappa shape index (κ2) is 5.59. The molecule has 1 atom stereocenters. The summed E-state index contributed by atoms with van der Waals surface area (Å²) in [5, 5.41) is 3.94. The minimum Gasteiger partial charge on any atom is -0.459 e. The van der Waals surface area contributed by atoms with Gasteiger partial charge in [0, 0.05) is 18.9 Å². The average molecular weight is 327 g/mol. The lowest BCUT2D eigenvalue weighted by molar-refractivity contribution is -0.117. The third-order valence-electron chi connectivity index (χ3n) is 4.06. The number of hydrogen-bond acceptors (Lipinski definition) is 5. The highest BCUT2D eigenvalue weighted by Crippen LogP contribution is 2.33. The summed E-state index contributed by atoms with van der Waals surface area (Å²) in [5.74, 6) is 0.338. The third kappa shape index (κ3) is 2.47. The first kappa shape index (κ1) is 14.6. The zero-order valence-electron chi connectivity index (χ0n) is 12.9. The van der Waals surface area contributed by atoms with E-state index in [1.807, 2.05) is 6.92 Å². The number of amides is 1. The van der Waals surface area contributed by atoms with Gasteiger partial charge < -0.3 is 13.8 Å². The van der Waals surface area contributed by atoms with E-state index in [0.717, 1.165) is 5.56 Å². The Labute approximate surface area is 136 Å². The largest absolute Gasteiger partial charge is 0.459 e. The van der Waals surface area contributed by atoms with Gasteiger partial charge in [0.1, 0.15) is 5.82 Å². The van der Waals surface area contributed by atoms with Gasteiger partial charge in [-0.1, -0.05) is 11.2 Å². The standard InChI is InChI=1S/C17H14FN3O3/c1-10-4-5-12(18)13(7-10)21-9-11(8-15(21)22)16-19-17(24-20-16)14-3-2-6-23-14/h2-7,11H,8-9H2,1H3. The molecule has 0 bridgehead atoms. The molecule has 7 heteroatoms. The summed E-state index contributed by atoms with van der Waals surface area (Å²) in [4.78, 5) is 18.0. The molecule has 4 rings (SSSR count). The molecule has 1 aliphatic rings. The molecule has 1 aromatic carbocycles. The number of benzene rings is 1. The van der Waals surface area contributed by atoms with Crippen molar-refractivity contribution in [2.24, 2.45) is 0 Å². The average Bonchev–Trinajstić information content (AvgIpc) is 3.28. The lowest BCUT2D eigenvalue weighted by Crippen LogP contribution is -2.25. The molecule has 0 aliphatic carbocycles. The first-order chi connectivity index (χ1) is 11.6. The molecule has 1 saturated heterocycles. The minimum atomic E-state index is -0.418. The van der Waals surface area contributed by atoms with Crippen molar-refractivity contribution in [3.05, 3.63) is 53.8 Å². The summed E-state index contributed by atoms with van der Waals surface area (Å²) >= 11 is 0. The van der Waals surface area contributed by atoms with Gasteiger partial charge in [0.25, 0.3) is 5.89 Å². The summed E-state index contributed by atoms with van der Waals surface area (Å²) in [5.41, 5.74) is 1.18. The summed E-state index contributed by atoms with van der Waals surface area (Å²) in [7, 11) is 0. The molecule has 0 spiro atoms. The van der Waals surface area contributed by atoms with Crippen LogP contribution in [0.15, 0.2) is 45.5 Å². The van der Waals surface area contributed by atoms with E-state index in [1.54, 1.807) is 24.3 Å². The van der Waals surface area contributed by atoms with Crippen LogP contribution in [0, 0.1) is 12.7 Å². The van der Waals surface area contributed by atoms with E-state index in [4.69, 9.17) is 8.94 Å². The monoisotopic (exact) mass is 327 g/mol. The van der Waals surface area contributed by atoms with Gasteiger partial charge in [0.2, 0.25) is 5.91 Å². The Kier molecular flexibility index (Phi) is 3.41. The summed E-state index contributed by atoms with van der Waals surface area (Å²) in [6, 6.07) is 8.15. The molecule has 1 fully saturated rings. The molecule has 1 amide bonds.